The lowest BCUT2D eigenvalue weighted by molar-refractivity contribution is -0.137. The first-order valence-electron chi connectivity index (χ1n) is 8.10. The first-order chi connectivity index (χ1) is 13.1. The van der Waals surface area contributed by atoms with Gasteiger partial charge in [-0.3, -0.25) is 4.72 Å². The van der Waals surface area contributed by atoms with E-state index in [1.807, 2.05) is 0 Å². The SMILES string of the molecule is O=S(=O)(Nc1cc(C(F)(F)F)ccc1N1CCOCC1)c1cc(Cl)ccc1Cl. The van der Waals surface area contributed by atoms with Gasteiger partial charge in [0, 0.05) is 18.1 Å². The first-order valence-corrected chi connectivity index (χ1v) is 10.3. The third-order valence-electron chi connectivity index (χ3n) is 4.10. The Morgan fingerprint density at radius 3 is 2.36 bits per heavy atom. The largest absolute Gasteiger partial charge is 0.416 e. The normalized spacial score (nSPS) is 15.5. The highest BCUT2D eigenvalue weighted by atomic mass is 35.5. The zero-order valence-electron chi connectivity index (χ0n) is 14.3. The molecule has 152 valence electrons. The maximum atomic E-state index is 13.2. The minimum absolute atomic E-state index is 0.100. The van der Waals surface area contributed by atoms with E-state index < -0.39 is 21.8 Å². The highest BCUT2D eigenvalue weighted by molar-refractivity contribution is 7.92. The number of rotatable bonds is 4. The Kier molecular flexibility index (Phi) is 6.00. The second-order valence-corrected chi connectivity index (χ2v) is 8.50. The molecule has 1 saturated heterocycles. The fourth-order valence-electron chi connectivity index (χ4n) is 2.76. The number of sulfonamides is 1. The number of ether oxygens (including phenoxy) is 1. The predicted octanol–water partition coefficient (Wildman–Crippen LogP) is 4.65. The molecule has 5 nitrogen and oxygen atoms in total. The van der Waals surface area contributed by atoms with Crippen molar-refractivity contribution in [1.82, 2.24) is 0 Å². The van der Waals surface area contributed by atoms with E-state index >= 15 is 0 Å². The number of alkyl halides is 3. The third kappa shape index (κ3) is 4.65. The van der Waals surface area contributed by atoms with Crippen molar-refractivity contribution in [1.29, 1.82) is 0 Å². The molecule has 28 heavy (non-hydrogen) atoms. The van der Waals surface area contributed by atoms with E-state index in [0.29, 0.717) is 32.0 Å². The van der Waals surface area contributed by atoms with Gasteiger partial charge in [-0.05, 0) is 36.4 Å². The van der Waals surface area contributed by atoms with Crippen LogP contribution >= 0.6 is 23.2 Å². The monoisotopic (exact) mass is 454 g/mol. The topological polar surface area (TPSA) is 58.6 Å². The summed E-state index contributed by atoms with van der Waals surface area (Å²) in [7, 11) is -4.28. The van der Waals surface area contributed by atoms with Gasteiger partial charge < -0.3 is 9.64 Å². The summed E-state index contributed by atoms with van der Waals surface area (Å²) in [6.45, 7) is 1.59. The lowest BCUT2D eigenvalue weighted by atomic mass is 10.1. The van der Waals surface area contributed by atoms with E-state index in [4.69, 9.17) is 27.9 Å². The first kappa shape index (κ1) is 21.0. The van der Waals surface area contributed by atoms with E-state index in [1.165, 1.54) is 18.2 Å². The summed E-state index contributed by atoms with van der Waals surface area (Å²) in [4.78, 5) is 1.42. The highest BCUT2D eigenvalue weighted by Crippen LogP contribution is 2.37. The van der Waals surface area contributed by atoms with Crippen LogP contribution in [0.5, 0.6) is 0 Å². The number of hydrogen-bond acceptors (Lipinski definition) is 4. The number of halogens is 5. The van der Waals surface area contributed by atoms with Crippen LogP contribution in [0.3, 0.4) is 0 Å². The number of hydrogen-bond donors (Lipinski definition) is 1. The van der Waals surface area contributed by atoms with Crippen LogP contribution in [0.15, 0.2) is 41.3 Å². The van der Waals surface area contributed by atoms with Crippen molar-refractivity contribution < 1.29 is 26.3 Å². The molecule has 1 heterocycles. The molecule has 0 radical (unpaired) electrons. The van der Waals surface area contributed by atoms with E-state index in [1.54, 1.807) is 4.90 Å². The number of morpholine rings is 1. The van der Waals surface area contributed by atoms with Crippen LogP contribution in [-0.4, -0.2) is 34.7 Å². The van der Waals surface area contributed by atoms with Crippen LogP contribution in [0, 0.1) is 0 Å². The average molecular weight is 455 g/mol. The van der Waals surface area contributed by atoms with Crippen LogP contribution in [0.25, 0.3) is 0 Å². The molecule has 3 rings (SSSR count). The third-order valence-corrected chi connectivity index (χ3v) is 6.18. The summed E-state index contributed by atoms with van der Waals surface area (Å²) in [5.74, 6) is 0. The maximum absolute atomic E-state index is 13.2. The van der Waals surface area contributed by atoms with E-state index in [0.717, 1.165) is 18.2 Å². The van der Waals surface area contributed by atoms with Crippen molar-refractivity contribution in [2.24, 2.45) is 0 Å². The molecule has 1 aliphatic heterocycles. The minimum atomic E-state index is -4.63. The summed E-state index contributed by atoms with van der Waals surface area (Å²) in [5.41, 5.74) is -0.856. The quantitative estimate of drug-likeness (QED) is 0.730. The molecule has 0 amide bonds. The summed E-state index contributed by atoms with van der Waals surface area (Å²) < 4.78 is 72.6. The molecule has 0 atom stereocenters. The van der Waals surface area contributed by atoms with Gasteiger partial charge in [0.05, 0.1) is 35.2 Å². The molecule has 2 aromatic carbocycles. The molecule has 0 bridgehead atoms. The molecule has 1 fully saturated rings. The van der Waals surface area contributed by atoms with E-state index in [2.05, 4.69) is 4.72 Å². The molecule has 0 unspecified atom stereocenters. The lowest BCUT2D eigenvalue weighted by Crippen LogP contribution is -2.36. The fraction of sp³-hybridized carbons (Fsp3) is 0.294. The molecule has 0 aliphatic carbocycles. The maximum Gasteiger partial charge on any atom is 0.416 e. The fourth-order valence-corrected chi connectivity index (χ4v) is 4.59. The Morgan fingerprint density at radius 2 is 1.71 bits per heavy atom. The Hall–Kier alpha value is -1.68. The van der Waals surface area contributed by atoms with Gasteiger partial charge in [-0.1, -0.05) is 23.2 Å². The molecular formula is C17H15Cl2F3N2O3S. The van der Waals surface area contributed by atoms with E-state index in [9.17, 15) is 21.6 Å². The number of nitrogens with zero attached hydrogens (tertiary/aromatic N) is 1. The van der Waals surface area contributed by atoms with Crippen molar-refractivity contribution in [2.75, 3.05) is 35.9 Å². The molecule has 0 aromatic heterocycles. The zero-order chi connectivity index (χ0) is 20.5. The van der Waals surface area contributed by atoms with Crippen LogP contribution in [0.4, 0.5) is 24.5 Å². The molecule has 11 heteroatoms. The molecule has 2 aromatic rings. The average Bonchev–Trinajstić information content (AvgIpc) is 2.63. The Bertz CT molecular complexity index is 978. The Morgan fingerprint density at radius 1 is 1.04 bits per heavy atom. The summed E-state index contributed by atoms with van der Waals surface area (Å²) in [6, 6.07) is 6.76. The molecular weight excluding hydrogens is 440 g/mol. The summed E-state index contributed by atoms with van der Waals surface area (Å²) >= 11 is 11.8. The van der Waals surface area contributed by atoms with Gasteiger partial charge in [0.15, 0.2) is 0 Å². The van der Waals surface area contributed by atoms with Crippen molar-refractivity contribution in [3.8, 4) is 0 Å². The molecule has 1 N–H and O–H groups in total. The smallest absolute Gasteiger partial charge is 0.378 e. The van der Waals surface area contributed by atoms with Crippen molar-refractivity contribution in [3.63, 3.8) is 0 Å². The van der Waals surface area contributed by atoms with Crippen LogP contribution in [0.1, 0.15) is 5.56 Å². The molecule has 1 aliphatic rings. The Balaban J connectivity index is 2.06. The van der Waals surface area contributed by atoms with Gasteiger partial charge in [-0.2, -0.15) is 13.2 Å². The van der Waals surface area contributed by atoms with Crippen molar-refractivity contribution in [2.45, 2.75) is 11.1 Å². The van der Waals surface area contributed by atoms with Gasteiger partial charge in [0.2, 0.25) is 0 Å². The van der Waals surface area contributed by atoms with Crippen LogP contribution < -0.4 is 9.62 Å². The molecule has 0 saturated carbocycles. The standard InChI is InChI=1S/C17H15Cl2F3N2O3S/c18-12-2-3-13(19)16(10-12)28(25,26)23-14-9-11(17(20,21)22)1-4-15(14)24-5-7-27-8-6-24/h1-4,9-10,23H,5-8H2. The molecule has 0 spiro atoms. The van der Waals surface area contributed by atoms with Crippen molar-refractivity contribution in [3.05, 3.63) is 52.0 Å². The van der Waals surface area contributed by atoms with Gasteiger partial charge in [0.1, 0.15) is 4.90 Å². The zero-order valence-corrected chi connectivity index (χ0v) is 16.6. The van der Waals surface area contributed by atoms with Crippen LogP contribution in [0.2, 0.25) is 10.0 Å². The number of benzene rings is 2. The van der Waals surface area contributed by atoms with E-state index in [-0.39, 0.29) is 20.6 Å². The minimum Gasteiger partial charge on any atom is -0.378 e. The lowest BCUT2D eigenvalue weighted by Gasteiger charge is -2.31. The van der Waals surface area contributed by atoms with Crippen LogP contribution in [-0.2, 0) is 20.9 Å². The van der Waals surface area contributed by atoms with Gasteiger partial charge in [-0.25, -0.2) is 8.42 Å². The van der Waals surface area contributed by atoms with Gasteiger partial charge in [0.25, 0.3) is 10.0 Å². The van der Waals surface area contributed by atoms with Gasteiger partial charge >= 0.3 is 6.18 Å². The van der Waals surface area contributed by atoms with Crippen molar-refractivity contribution >= 4 is 44.6 Å². The summed E-state index contributed by atoms with van der Waals surface area (Å²) in [6.07, 6.45) is -4.63. The second kappa shape index (κ2) is 7.98. The second-order valence-electron chi connectivity index (χ2n) is 6.01. The van der Waals surface area contributed by atoms with Gasteiger partial charge in [-0.15, -0.1) is 0 Å². The number of nitrogens with one attached hydrogen (secondary N) is 1. The number of anilines is 2. The highest BCUT2D eigenvalue weighted by Gasteiger charge is 2.32. The summed E-state index contributed by atoms with van der Waals surface area (Å²) in [5, 5.41) is 0.0269. The predicted molar refractivity (Wildman–Crippen MR) is 102 cm³/mol. The Labute approximate surface area is 170 Å².